The molecule has 448 valence electrons. The quantitative estimate of drug-likeness (QED) is 0.0521. The average Bonchev–Trinajstić information content (AvgIpc) is 3.41. The van der Waals surface area contributed by atoms with Gasteiger partial charge in [-0.2, -0.15) is 15.0 Å². The molecule has 12 rings (SSSR count). The van der Waals surface area contributed by atoms with Crippen LogP contribution in [0.15, 0.2) is 133 Å². The first-order valence-electron chi connectivity index (χ1n) is 29.4. The predicted molar refractivity (Wildman–Crippen MR) is 321 cm³/mol. The molecule has 4 amide bonds. The number of carbonyl (C=O) groups excluding carboxylic acids is 3. The van der Waals surface area contributed by atoms with Crippen molar-refractivity contribution >= 4 is 64.4 Å². The van der Waals surface area contributed by atoms with Gasteiger partial charge in [-0.25, -0.2) is 14.8 Å². The molecule has 4 fully saturated rings. The van der Waals surface area contributed by atoms with Crippen LogP contribution in [0, 0.1) is 5.92 Å². The second kappa shape index (κ2) is 25.5. The van der Waals surface area contributed by atoms with Gasteiger partial charge >= 0.3 is 6.03 Å². The first-order valence-corrected chi connectivity index (χ1v) is 29.4. The molecule has 0 unspecified atom stereocenters. The zero-order valence-corrected chi connectivity index (χ0v) is 47.1. The molecule has 24 heteroatoms. The third kappa shape index (κ3) is 12.1. The van der Waals surface area contributed by atoms with Crippen molar-refractivity contribution < 1.29 is 45.0 Å². The molecule has 11 atom stereocenters. The lowest BCUT2D eigenvalue weighted by atomic mass is 9.87. The smallest absolute Gasteiger partial charge is 0.315 e. The lowest BCUT2D eigenvalue weighted by molar-refractivity contribution is -0.126. The number of aliphatic imine (C=N–C) groups is 1. The number of amides is 4. The highest BCUT2D eigenvalue weighted by molar-refractivity contribution is 5.86. The van der Waals surface area contributed by atoms with E-state index in [1.54, 1.807) is 17.1 Å². The molecule has 3 aliphatic heterocycles. The molecule has 0 bridgehead atoms. The number of imidazole rings is 1. The summed E-state index contributed by atoms with van der Waals surface area (Å²) in [6.45, 7) is 1.16. The highest BCUT2D eigenvalue weighted by Crippen LogP contribution is 2.46. The Morgan fingerprint density at radius 1 is 0.558 bits per heavy atom. The van der Waals surface area contributed by atoms with Gasteiger partial charge in [0.25, 0.3) is 0 Å². The number of urea groups is 1. The number of hydrogen-bond donors (Lipinski definition) is 12. The summed E-state index contributed by atoms with van der Waals surface area (Å²) in [6, 6.07) is 37.4. The van der Waals surface area contributed by atoms with E-state index in [1.807, 2.05) is 82.6 Å². The highest BCUT2D eigenvalue weighted by atomic mass is 16.3. The largest absolute Gasteiger partial charge is 0.390 e. The van der Waals surface area contributed by atoms with Gasteiger partial charge in [-0.3, -0.25) is 14.6 Å². The fourth-order valence-corrected chi connectivity index (χ4v) is 13.1. The summed E-state index contributed by atoms with van der Waals surface area (Å²) in [5.41, 5.74) is 6.31. The van der Waals surface area contributed by atoms with E-state index in [4.69, 9.17) is 29.9 Å². The molecular formula is C62H71N15O9. The van der Waals surface area contributed by atoms with Crippen LogP contribution in [0.25, 0.3) is 11.2 Å². The number of nitrogens with zero attached hydrogens (tertiary/aromatic N) is 9. The van der Waals surface area contributed by atoms with Crippen molar-refractivity contribution in [3.63, 3.8) is 0 Å². The zero-order valence-electron chi connectivity index (χ0n) is 47.1. The fraction of sp³-hybridized carbons (Fsp3) is 0.403. The molecular weight excluding hydrogens is 1100 g/mol. The Morgan fingerprint density at radius 2 is 1.03 bits per heavy atom. The normalized spacial score (nSPS) is 25.0. The molecule has 2 saturated carbocycles. The van der Waals surface area contributed by atoms with Gasteiger partial charge in [0.1, 0.15) is 37.2 Å². The maximum atomic E-state index is 14.0. The van der Waals surface area contributed by atoms with Gasteiger partial charge < -0.3 is 76.9 Å². The number of hydrogen-bond acceptors (Lipinski definition) is 19. The van der Waals surface area contributed by atoms with Gasteiger partial charge in [-0.1, -0.05) is 121 Å². The second-order valence-corrected chi connectivity index (χ2v) is 22.9. The van der Waals surface area contributed by atoms with Crippen molar-refractivity contribution in [1.82, 2.24) is 50.8 Å². The Morgan fingerprint density at radius 3 is 1.56 bits per heavy atom. The van der Waals surface area contributed by atoms with Crippen LogP contribution in [0.4, 0.5) is 34.0 Å². The summed E-state index contributed by atoms with van der Waals surface area (Å²) in [7, 11) is 0. The maximum Gasteiger partial charge on any atom is 0.315 e. The van der Waals surface area contributed by atoms with Gasteiger partial charge in [-0.05, 0) is 47.9 Å². The van der Waals surface area contributed by atoms with E-state index < -0.39 is 79.4 Å². The minimum Gasteiger partial charge on any atom is -0.390 e. The summed E-state index contributed by atoms with van der Waals surface area (Å²) in [5.74, 6) is -0.851. The molecule has 12 N–H and O–H groups in total. The Bertz CT molecular complexity index is 3460. The van der Waals surface area contributed by atoms with Crippen molar-refractivity contribution in [2.75, 3.05) is 72.9 Å². The van der Waals surface area contributed by atoms with Crippen LogP contribution in [0.5, 0.6) is 0 Å². The highest BCUT2D eigenvalue weighted by Gasteiger charge is 2.48. The van der Waals surface area contributed by atoms with Gasteiger partial charge in [0.2, 0.25) is 23.7 Å². The summed E-state index contributed by atoms with van der Waals surface area (Å²) < 4.78 is 1.70. The number of aliphatic hydroxyl groups is 6. The molecule has 6 heterocycles. The number of carbonyl (C=O) groups is 3. The molecule has 2 saturated heterocycles. The number of nitrogens with one attached hydrogen (secondary N) is 6. The molecule has 2 aliphatic carbocycles. The lowest BCUT2D eigenvalue weighted by Gasteiger charge is -2.24. The van der Waals surface area contributed by atoms with E-state index in [0.29, 0.717) is 98.2 Å². The van der Waals surface area contributed by atoms with E-state index in [2.05, 4.69) is 80.4 Å². The SMILES string of the molecule is O=C(CO)N[C@H]1C[C@@H]([C@H]2C=Nc3c(NCC(c4ccccc4)c4ccccc4)nc(N4CC[C@@H](NC(=O)N[C@@H]5CCN(c6nc(NCC(c7ccccc7)c7ccccc7)c7ncn([C@@H]8C[C@H](NC(=O)CO)[C@@H](O)[C@H]8O)c7n6)C5)C4)nc32)[C@H](O)[C@@H]1O. The summed E-state index contributed by atoms with van der Waals surface area (Å²) >= 11 is 0. The molecule has 3 aromatic heterocycles. The number of benzene rings is 4. The van der Waals surface area contributed by atoms with E-state index in [1.165, 1.54) is 0 Å². The van der Waals surface area contributed by atoms with Crippen LogP contribution in [0.1, 0.15) is 77.4 Å². The zero-order chi connectivity index (χ0) is 59.4. The van der Waals surface area contributed by atoms with Crippen molar-refractivity contribution in [1.29, 1.82) is 0 Å². The van der Waals surface area contributed by atoms with Crippen LogP contribution in [0.3, 0.4) is 0 Å². The Labute approximate surface area is 495 Å². The topological polar surface area (TPSA) is 333 Å². The van der Waals surface area contributed by atoms with Crippen LogP contribution in [-0.4, -0.2) is 185 Å². The first kappa shape index (κ1) is 57.8. The monoisotopic (exact) mass is 1170 g/mol. The van der Waals surface area contributed by atoms with E-state index in [-0.39, 0.29) is 42.8 Å². The molecule has 86 heavy (non-hydrogen) atoms. The van der Waals surface area contributed by atoms with E-state index in [0.717, 1.165) is 22.3 Å². The number of aromatic nitrogens is 6. The van der Waals surface area contributed by atoms with Crippen LogP contribution in [0.2, 0.25) is 0 Å². The standard InChI is InChI=1S/C62H71N15O9/c78-32-48(80)69-45-25-41(53(82)54(45)83)44-29-63-51-50(44)71-60(72-57(51)64-27-42(35-13-5-1-6-14-35)36-15-7-2-8-16-36)75-23-21-39(30-75)67-62(86)68-40-22-24-76(31-40)61-73-58(65-28-43(37-17-9-3-10-18-37)38-19-11-4-12-20-38)52-59(74-61)77(34-66-52)47-26-46(55(84)56(47)85)70-49(81)33-79/h1-20,29,34,39-47,53-56,78-79,82-85H,21-28,30-33H2,(H,69,80)(H,70,81)(H,64,71,72)(H,65,73,74)(H2,67,68,86)/t39-,40-,41+,44-,45+,46+,47-,53+,54-,55-,56+/m1/s1. The Hall–Kier alpha value is -8.65. The van der Waals surface area contributed by atoms with Crippen LogP contribution < -0.4 is 41.7 Å². The summed E-state index contributed by atoms with van der Waals surface area (Å²) in [4.78, 5) is 72.3. The fourth-order valence-electron chi connectivity index (χ4n) is 13.1. The number of aliphatic hydroxyl groups excluding tert-OH is 6. The molecule has 5 aliphatic rings. The maximum absolute atomic E-state index is 14.0. The molecule has 0 spiro atoms. The third-order valence-electron chi connectivity index (χ3n) is 17.5. The van der Waals surface area contributed by atoms with Crippen molar-refractivity contribution in [3.8, 4) is 0 Å². The van der Waals surface area contributed by atoms with Crippen molar-refractivity contribution in [3.05, 3.63) is 156 Å². The summed E-state index contributed by atoms with van der Waals surface area (Å²) in [5, 5.41) is 82.6. The number of anilines is 4. The van der Waals surface area contributed by atoms with Gasteiger partial charge in [-0.15, -0.1) is 0 Å². The number of fused-ring (bicyclic) bond motifs is 2. The predicted octanol–water partition coefficient (Wildman–Crippen LogP) is 2.42. The Kier molecular flexibility index (Phi) is 17.1. The molecule has 24 nitrogen and oxygen atoms in total. The first-order chi connectivity index (χ1) is 41.9. The van der Waals surface area contributed by atoms with E-state index >= 15 is 0 Å². The van der Waals surface area contributed by atoms with Gasteiger partial charge in [0, 0.05) is 81.2 Å². The molecule has 4 aromatic carbocycles. The average molecular weight is 1170 g/mol. The van der Waals surface area contributed by atoms with Gasteiger partial charge in [0.05, 0.1) is 36.3 Å². The lowest BCUT2D eigenvalue weighted by Crippen LogP contribution is -2.48. The Balaban J connectivity index is 0.758. The third-order valence-corrected chi connectivity index (χ3v) is 17.5. The van der Waals surface area contributed by atoms with Crippen LogP contribution >= 0.6 is 0 Å². The minimum atomic E-state index is -1.32. The molecule has 7 aromatic rings. The van der Waals surface area contributed by atoms with Crippen molar-refractivity contribution in [2.24, 2.45) is 10.9 Å². The second-order valence-electron chi connectivity index (χ2n) is 22.9. The van der Waals surface area contributed by atoms with Crippen LogP contribution in [-0.2, 0) is 9.59 Å². The van der Waals surface area contributed by atoms with Crippen molar-refractivity contribution in [2.45, 2.75) is 98.1 Å². The van der Waals surface area contributed by atoms with Gasteiger partial charge in [0.15, 0.2) is 22.8 Å². The number of rotatable bonds is 20. The summed E-state index contributed by atoms with van der Waals surface area (Å²) in [6.07, 6.45) is -0.317. The minimum absolute atomic E-state index is 0.0581. The molecule has 0 radical (unpaired) electrons. The van der Waals surface area contributed by atoms with E-state index in [9.17, 15) is 45.0 Å².